The van der Waals surface area contributed by atoms with Crippen LogP contribution in [0.2, 0.25) is 0 Å². The molecule has 0 atom stereocenters. The molecule has 1 aromatic rings. The van der Waals surface area contributed by atoms with Gasteiger partial charge in [-0.1, -0.05) is 6.92 Å². The first-order valence-electron chi connectivity index (χ1n) is 4.86. The number of hydrogen-bond acceptors (Lipinski definition) is 3. The zero-order valence-electron chi connectivity index (χ0n) is 9.23. The number of aromatic nitrogens is 2. The molecule has 0 aromatic carbocycles. The molecule has 15 heavy (non-hydrogen) atoms. The number of hydrogen-bond donors (Lipinski definition) is 0. The molecule has 0 fully saturated rings. The first kappa shape index (κ1) is 11.4. The minimum Gasteiger partial charge on any atom is -0.343 e. The number of carbonyl (C=O) groups excluding carboxylic acids is 1. The van der Waals surface area contributed by atoms with Gasteiger partial charge in [-0.3, -0.25) is 9.59 Å². The van der Waals surface area contributed by atoms with E-state index in [1.807, 2.05) is 6.92 Å². The molecule has 0 bridgehead atoms. The van der Waals surface area contributed by atoms with Gasteiger partial charge in [-0.05, 0) is 12.5 Å². The molecule has 0 saturated carbocycles. The predicted molar refractivity (Wildman–Crippen MR) is 56.8 cm³/mol. The topological polar surface area (TPSA) is 55.2 Å². The van der Waals surface area contributed by atoms with Crippen molar-refractivity contribution in [1.29, 1.82) is 0 Å². The highest BCUT2D eigenvalue weighted by Crippen LogP contribution is 1.95. The van der Waals surface area contributed by atoms with Gasteiger partial charge in [0.25, 0.3) is 11.5 Å². The minimum absolute atomic E-state index is 0.174. The molecule has 0 radical (unpaired) electrons. The second-order valence-corrected chi connectivity index (χ2v) is 3.48. The van der Waals surface area contributed by atoms with Crippen LogP contribution < -0.4 is 5.56 Å². The molecule has 0 spiro atoms. The highest BCUT2D eigenvalue weighted by atomic mass is 16.2. The Morgan fingerprint density at radius 1 is 1.47 bits per heavy atom. The van der Waals surface area contributed by atoms with Crippen LogP contribution >= 0.6 is 0 Å². The lowest BCUT2D eigenvalue weighted by Gasteiger charge is -2.10. The van der Waals surface area contributed by atoms with Crippen LogP contribution in [0.4, 0.5) is 0 Å². The van der Waals surface area contributed by atoms with Crippen LogP contribution in [-0.2, 0) is 6.54 Å². The highest BCUT2D eigenvalue weighted by molar-refractivity contribution is 5.91. The van der Waals surface area contributed by atoms with Crippen LogP contribution in [-0.4, -0.2) is 34.7 Å². The number of aryl methyl sites for hydroxylation is 1. The summed E-state index contributed by atoms with van der Waals surface area (Å²) >= 11 is 0. The van der Waals surface area contributed by atoms with E-state index in [0.29, 0.717) is 12.2 Å². The predicted octanol–water partition coefficient (Wildman–Crippen LogP) is 0.355. The van der Waals surface area contributed by atoms with Gasteiger partial charge in [-0.25, -0.2) is 4.68 Å². The van der Waals surface area contributed by atoms with Crippen molar-refractivity contribution in [3.05, 3.63) is 28.2 Å². The molecular formula is C10H15N3O2. The average molecular weight is 209 g/mol. The third kappa shape index (κ3) is 2.65. The molecule has 0 aliphatic heterocycles. The summed E-state index contributed by atoms with van der Waals surface area (Å²) in [4.78, 5) is 24.3. The van der Waals surface area contributed by atoms with E-state index in [1.165, 1.54) is 21.7 Å². The van der Waals surface area contributed by atoms with Crippen molar-refractivity contribution in [3.8, 4) is 0 Å². The van der Waals surface area contributed by atoms with Gasteiger partial charge in [0.1, 0.15) is 5.69 Å². The fraction of sp³-hybridized carbons (Fsp3) is 0.500. The molecule has 0 saturated heterocycles. The van der Waals surface area contributed by atoms with Gasteiger partial charge < -0.3 is 4.90 Å². The van der Waals surface area contributed by atoms with Crippen molar-refractivity contribution in [1.82, 2.24) is 14.7 Å². The minimum atomic E-state index is -0.195. The molecule has 0 unspecified atom stereocenters. The smallest absolute Gasteiger partial charge is 0.273 e. The van der Waals surface area contributed by atoms with Crippen LogP contribution in [0.5, 0.6) is 0 Å². The molecule has 0 N–H and O–H groups in total. The van der Waals surface area contributed by atoms with Gasteiger partial charge >= 0.3 is 0 Å². The van der Waals surface area contributed by atoms with Gasteiger partial charge in [-0.2, -0.15) is 5.10 Å². The zero-order valence-corrected chi connectivity index (χ0v) is 9.23. The summed E-state index contributed by atoms with van der Waals surface area (Å²) in [6.07, 6.45) is 0.812. The van der Waals surface area contributed by atoms with Crippen molar-refractivity contribution >= 4 is 5.91 Å². The third-order valence-electron chi connectivity index (χ3n) is 1.93. The molecule has 1 amide bonds. The zero-order chi connectivity index (χ0) is 11.4. The van der Waals surface area contributed by atoms with E-state index in [2.05, 4.69) is 5.10 Å². The van der Waals surface area contributed by atoms with E-state index in [-0.39, 0.29) is 11.5 Å². The van der Waals surface area contributed by atoms with Crippen LogP contribution in [0.1, 0.15) is 23.8 Å². The molecule has 5 nitrogen and oxygen atoms in total. The normalized spacial score (nSPS) is 10.1. The summed E-state index contributed by atoms with van der Waals surface area (Å²) in [6.45, 7) is 2.49. The van der Waals surface area contributed by atoms with Crippen molar-refractivity contribution in [2.75, 3.05) is 14.1 Å². The first-order valence-corrected chi connectivity index (χ1v) is 4.86. The van der Waals surface area contributed by atoms with Crippen LogP contribution in [0.25, 0.3) is 0 Å². The Kier molecular flexibility index (Phi) is 3.60. The quantitative estimate of drug-likeness (QED) is 0.722. The number of rotatable bonds is 3. The molecule has 1 aromatic heterocycles. The van der Waals surface area contributed by atoms with E-state index in [4.69, 9.17) is 0 Å². The number of carbonyl (C=O) groups is 1. The Morgan fingerprint density at radius 3 is 2.67 bits per heavy atom. The maximum Gasteiger partial charge on any atom is 0.273 e. The third-order valence-corrected chi connectivity index (χ3v) is 1.93. The van der Waals surface area contributed by atoms with Gasteiger partial charge in [0.05, 0.1) is 0 Å². The Hall–Kier alpha value is -1.65. The lowest BCUT2D eigenvalue weighted by Crippen LogP contribution is -2.28. The van der Waals surface area contributed by atoms with Crippen molar-refractivity contribution in [3.63, 3.8) is 0 Å². The summed E-state index contributed by atoms with van der Waals surface area (Å²) in [5, 5.41) is 4.00. The summed E-state index contributed by atoms with van der Waals surface area (Å²) < 4.78 is 1.32. The SMILES string of the molecule is CCCn1nc(C(=O)N(C)C)ccc1=O. The molecule has 1 heterocycles. The van der Waals surface area contributed by atoms with Crippen LogP contribution in [0, 0.1) is 0 Å². The molecule has 82 valence electrons. The van der Waals surface area contributed by atoms with Crippen LogP contribution in [0.15, 0.2) is 16.9 Å². The lowest BCUT2D eigenvalue weighted by molar-refractivity contribution is 0.0819. The largest absolute Gasteiger partial charge is 0.343 e. The lowest BCUT2D eigenvalue weighted by atomic mass is 10.3. The summed E-state index contributed by atoms with van der Waals surface area (Å²) in [5.74, 6) is -0.195. The van der Waals surface area contributed by atoms with Crippen molar-refractivity contribution < 1.29 is 4.79 Å². The maximum absolute atomic E-state index is 11.6. The maximum atomic E-state index is 11.6. The second kappa shape index (κ2) is 4.72. The fourth-order valence-electron chi connectivity index (χ4n) is 1.16. The Labute approximate surface area is 88.3 Å². The standard InChI is InChI=1S/C10H15N3O2/c1-4-7-13-9(14)6-5-8(11-13)10(15)12(2)3/h5-6H,4,7H2,1-3H3. The van der Waals surface area contributed by atoms with Crippen LogP contribution in [0.3, 0.4) is 0 Å². The number of nitrogens with zero attached hydrogens (tertiary/aromatic N) is 3. The second-order valence-electron chi connectivity index (χ2n) is 3.48. The monoisotopic (exact) mass is 209 g/mol. The Balaban J connectivity index is 3.07. The van der Waals surface area contributed by atoms with Crippen molar-refractivity contribution in [2.24, 2.45) is 0 Å². The molecule has 1 rings (SSSR count). The highest BCUT2D eigenvalue weighted by Gasteiger charge is 2.10. The summed E-state index contributed by atoms with van der Waals surface area (Å²) in [6, 6.07) is 2.83. The molecule has 0 aliphatic rings. The Bertz CT molecular complexity index is 409. The Morgan fingerprint density at radius 2 is 2.13 bits per heavy atom. The molecule has 0 aliphatic carbocycles. The average Bonchev–Trinajstić information content (AvgIpc) is 2.20. The molecule has 5 heteroatoms. The van der Waals surface area contributed by atoms with Gasteiger partial charge in [0.15, 0.2) is 0 Å². The van der Waals surface area contributed by atoms with E-state index in [9.17, 15) is 9.59 Å². The molecular weight excluding hydrogens is 194 g/mol. The van der Waals surface area contributed by atoms with E-state index < -0.39 is 0 Å². The van der Waals surface area contributed by atoms with E-state index in [0.717, 1.165) is 6.42 Å². The number of amides is 1. The van der Waals surface area contributed by atoms with E-state index in [1.54, 1.807) is 14.1 Å². The van der Waals surface area contributed by atoms with Gasteiger partial charge in [0, 0.05) is 26.7 Å². The summed E-state index contributed by atoms with van der Waals surface area (Å²) in [5.41, 5.74) is 0.125. The summed E-state index contributed by atoms with van der Waals surface area (Å²) in [7, 11) is 3.30. The van der Waals surface area contributed by atoms with Gasteiger partial charge in [-0.15, -0.1) is 0 Å². The first-order chi connectivity index (χ1) is 7.06. The fourth-order valence-corrected chi connectivity index (χ4v) is 1.16. The van der Waals surface area contributed by atoms with Crippen molar-refractivity contribution in [2.45, 2.75) is 19.9 Å². The van der Waals surface area contributed by atoms with E-state index >= 15 is 0 Å². The van der Waals surface area contributed by atoms with Gasteiger partial charge in [0.2, 0.25) is 0 Å².